The third-order valence-corrected chi connectivity index (χ3v) is 5.19. The molecule has 5 heteroatoms. The van der Waals surface area contributed by atoms with Gasteiger partial charge in [0.05, 0.1) is 10.6 Å². The summed E-state index contributed by atoms with van der Waals surface area (Å²) >= 11 is 5.16. The van der Waals surface area contributed by atoms with Crippen LogP contribution in [0.15, 0.2) is 59.3 Å². The van der Waals surface area contributed by atoms with Crippen LogP contribution in [0.2, 0.25) is 0 Å². The monoisotopic (exact) mass is 369 g/mol. The van der Waals surface area contributed by atoms with Gasteiger partial charge in [0, 0.05) is 10.0 Å². The van der Waals surface area contributed by atoms with E-state index in [1.54, 1.807) is 17.7 Å². The summed E-state index contributed by atoms with van der Waals surface area (Å²) in [4.78, 5) is 6.45. The fourth-order valence-electron chi connectivity index (χ4n) is 2.45. The molecule has 0 bridgehead atoms. The first-order valence-corrected chi connectivity index (χ1v) is 8.49. The van der Waals surface area contributed by atoms with Gasteiger partial charge in [-0.25, -0.2) is 9.50 Å². The molecule has 0 radical (unpaired) electrons. The van der Waals surface area contributed by atoms with Gasteiger partial charge < -0.3 is 0 Å². The number of nitrogens with zero attached hydrogens (tertiary/aromatic N) is 3. The molecular formula is C17H12BrN3S. The standard InChI is InChI=1S/C17H12BrN3S/c1-11-2-4-13(5-3-11)16-15(12-6-8-14(18)9-7-12)21-17(22-16)19-10-20-21/h2-10H,1H3. The highest BCUT2D eigenvalue weighted by Gasteiger charge is 2.17. The predicted octanol–water partition coefficient (Wildman–Crippen LogP) is 5.20. The van der Waals surface area contributed by atoms with Crippen LogP contribution in [0, 0.1) is 6.92 Å². The number of benzene rings is 2. The molecule has 0 saturated heterocycles. The number of aromatic nitrogens is 3. The Bertz CT molecular complexity index is 936. The van der Waals surface area contributed by atoms with Crippen LogP contribution in [0.1, 0.15) is 5.56 Å². The van der Waals surface area contributed by atoms with E-state index in [9.17, 15) is 0 Å². The average molecular weight is 370 g/mol. The van der Waals surface area contributed by atoms with Gasteiger partial charge in [0.1, 0.15) is 6.33 Å². The van der Waals surface area contributed by atoms with Gasteiger partial charge >= 0.3 is 0 Å². The summed E-state index contributed by atoms with van der Waals surface area (Å²) in [5.74, 6) is 0. The summed E-state index contributed by atoms with van der Waals surface area (Å²) in [7, 11) is 0. The van der Waals surface area contributed by atoms with Crippen molar-refractivity contribution in [3.63, 3.8) is 0 Å². The minimum Gasteiger partial charge on any atom is -0.206 e. The molecule has 0 aliphatic rings. The van der Waals surface area contributed by atoms with E-state index in [4.69, 9.17) is 0 Å². The van der Waals surface area contributed by atoms with Gasteiger partial charge in [0.15, 0.2) is 0 Å². The van der Waals surface area contributed by atoms with Crippen molar-refractivity contribution in [2.75, 3.05) is 0 Å². The molecule has 22 heavy (non-hydrogen) atoms. The molecule has 0 amide bonds. The maximum absolute atomic E-state index is 4.39. The van der Waals surface area contributed by atoms with Crippen molar-refractivity contribution in [2.24, 2.45) is 0 Å². The highest BCUT2D eigenvalue weighted by atomic mass is 79.9. The molecule has 0 aliphatic carbocycles. The van der Waals surface area contributed by atoms with E-state index >= 15 is 0 Å². The lowest BCUT2D eigenvalue weighted by atomic mass is 10.1. The summed E-state index contributed by atoms with van der Waals surface area (Å²) in [6.45, 7) is 2.10. The number of fused-ring (bicyclic) bond motifs is 1. The Kier molecular flexibility index (Phi) is 3.32. The minimum atomic E-state index is 0.911. The number of aryl methyl sites for hydroxylation is 1. The molecule has 2 heterocycles. The molecule has 0 atom stereocenters. The van der Waals surface area contributed by atoms with E-state index in [2.05, 4.69) is 81.5 Å². The van der Waals surface area contributed by atoms with Crippen molar-refractivity contribution in [1.82, 2.24) is 14.6 Å². The minimum absolute atomic E-state index is 0.911. The van der Waals surface area contributed by atoms with Crippen LogP contribution in [0.5, 0.6) is 0 Å². The average Bonchev–Trinajstić information content (AvgIpc) is 3.10. The first-order chi connectivity index (χ1) is 10.7. The molecule has 0 aliphatic heterocycles. The second-order valence-corrected chi connectivity index (χ2v) is 7.00. The lowest BCUT2D eigenvalue weighted by Gasteiger charge is -2.05. The highest BCUT2D eigenvalue weighted by molar-refractivity contribution is 9.10. The normalized spacial score (nSPS) is 11.2. The number of hydrogen-bond donors (Lipinski definition) is 0. The molecule has 2 aromatic heterocycles. The molecule has 0 N–H and O–H groups in total. The molecule has 4 aromatic rings. The Hall–Kier alpha value is -1.98. The molecule has 0 unspecified atom stereocenters. The van der Waals surface area contributed by atoms with Crippen molar-refractivity contribution in [3.05, 3.63) is 64.9 Å². The van der Waals surface area contributed by atoms with Crippen LogP contribution >= 0.6 is 27.3 Å². The van der Waals surface area contributed by atoms with Crippen molar-refractivity contribution < 1.29 is 0 Å². The molecular weight excluding hydrogens is 358 g/mol. The fraction of sp³-hybridized carbons (Fsp3) is 0.0588. The van der Waals surface area contributed by atoms with Gasteiger partial charge in [0.25, 0.3) is 0 Å². The number of rotatable bonds is 2. The van der Waals surface area contributed by atoms with Crippen LogP contribution in [-0.2, 0) is 0 Å². The zero-order chi connectivity index (χ0) is 15.1. The summed E-state index contributed by atoms with van der Waals surface area (Å²) in [5.41, 5.74) is 4.68. The van der Waals surface area contributed by atoms with Crippen LogP contribution < -0.4 is 0 Å². The lowest BCUT2D eigenvalue weighted by molar-refractivity contribution is 0.985. The Morgan fingerprint density at radius 2 is 1.64 bits per heavy atom. The molecule has 4 rings (SSSR count). The number of hydrogen-bond acceptors (Lipinski definition) is 3. The quantitative estimate of drug-likeness (QED) is 0.486. The summed E-state index contributed by atoms with van der Waals surface area (Å²) in [6, 6.07) is 16.9. The second kappa shape index (κ2) is 5.34. The number of halogens is 1. The largest absolute Gasteiger partial charge is 0.213 e. The predicted molar refractivity (Wildman–Crippen MR) is 94.2 cm³/mol. The third-order valence-electron chi connectivity index (χ3n) is 3.57. The molecule has 2 aromatic carbocycles. The molecule has 0 fully saturated rings. The first-order valence-electron chi connectivity index (χ1n) is 6.88. The third kappa shape index (κ3) is 2.26. The lowest BCUT2D eigenvalue weighted by Crippen LogP contribution is -1.90. The molecule has 0 spiro atoms. The van der Waals surface area contributed by atoms with Crippen LogP contribution in [-0.4, -0.2) is 14.6 Å². The van der Waals surface area contributed by atoms with E-state index in [-0.39, 0.29) is 0 Å². The summed E-state index contributed by atoms with van der Waals surface area (Å²) in [6.07, 6.45) is 1.60. The van der Waals surface area contributed by atoms with Crippen molar-refractivity contribution in [1.29, 1.82) is 0 Å². The van der Waals surface area contributed by atoms with Crippen LogP contribution in [0.4, 0.5) is 0 Å². The fourth-order valence-corrected chi connectivity index (χ4v) is 3.78. The SMILES string of the molecule is Cc1ccc(-c2sc3ncnn3c2-c2ccc(Br)cc2)cc1. The zero-order valence-electron chi connectivity index (χ0n) is 11.8. The van der Waals surface area contributed by atoms with Crippen molar-refractivity contribution in [2.45, 2.75) is 6.92 Å². The Balaban J connectivity index is 1.98. The van der Waals surface area contributed by atoms with Gasteiger partial charge in [-0.15, -0.1) is 0 Å². The van der Waals surface area contributed by atoms with Gasteiger partial charge in [-0.2, -0.15) is 5.10 Å². The Morgan fingerprint density at radius 3 is 2.36 bits per heavy atom. The summed E-state index contributed by atoms with van der Waals surface area (Å²) < 4.78 is 2.99. The molecule has 3 nitrogen and oxygen atoms in total. The van der Waals surface area contributed by atoms with E-state index in [0.29, 0.717) is 0 Å². The van der Waals surface area contributed by atoms with E-state index in [1.165, 1.54) is 16.0 Å². The van der Waals surface area contributed by atoms with Crippen LogP contribution in [0.25, 0.3) is 26.7 Å². The van der Waals surface area contributed by atoms with Crippen molar-refractivity contribution >= 4 is 32.2 Å². The van der Waals surface area contributed by atoms with Crippen LogP contribution in [0.3, 0.4) is 0 Å². The molecule has 0 saturated carbocycles. The van der Waals surface area contributed by atoms with Gasteiger partial charge in [0.2, 0.25) is 4.96 Å². The first kappa shape index (κ1) is 13.7. The maximum Gasteiger partial charge on any atom is 0.213 e. The van der Waals surface area contributed by atoms with Gasteiger partial charge in [-0.3, -0.25) is 0 Å². The highest BCUT2D eigenvalue weighted by Crippen LogP contribution is 2.38. The van der Waals surface area contributed by atoms with Gasteiger partial charge in [-0.05, 0) is 24.6 Å². The Morgan fingerprint density at radius 1 is 0.955 bits per heavy atom. The van der Waals surface area contributed by atoms with E-state index < -0.39 is 0 Å². The zero-order valence-corrected chi connectivity index (χ0v) is 14.2. The topological polar surface area (TPSA) is 30.2 Å². The van der Waals surface area contributed by atoms with Gasteiger partial charge in [-0.1, -0.05) is 69.2 Å². The number of thiazole rings is 1. The smallest absolute Gasteiger partial charge is 0.206 e. The van der Waals surface area contributed by atoms with E-state index in [0.717, 1.165) is 20.7 Å². The maximum atomic E-state index is 4.39. The van der Waals surface area contributed by atoms with Crippen molar-refractivity contribution in [3.8, 4) is 21.7 Å². The Labute approximate surface area is 140 Å². The molecule has 108 valence electrons. The summed E-state index contributed by atoms with van der Waals surface area (Å²) in [5, 5.41) is 4.39. The van der Waals surface area contributed by atoms with E-state index in [1.807, 2.05) is 4.52 Å². The second-order valence-electron chi connectivity index (χ2n) is 5.11.